The van der Waals surface area contributed by atoms with Gasteiger partial charge in [-0.25, -0.2) is 4.79 Å². The minimum atomic E-state index is -0.934. The van der Waals surface area contributed by atoms with E-state index in [0.717, 1.165) is 6.42 Å². The van der Waals surface area contributed by atoms with Crippen LogP contribution in [0.15, 0.2) is 0 Å². The van der Waals surface area contributed by atoms with Crippen molar-refractivity contribution in [2.24, 2.45) is 17.8 Å². The molecule has 0 aromatic carbocycles. The van der Waals surface area contributed by atoms with Crippen molar-refractivity contribution in [1.29, 1.82) is 0 Å². The molecule has 1 aliphatic rings. The molecule has 1 rings (SSSR count). The average molecular weight is 284 g/mol. The van der Waals surface area contributed by atoms with Crippen LogP contribution in [-0.4, -0.2) is 41.0 Å². The monoisotopic (exact) mass is 284 g/mol. The lowest BCUT2D eigenvalue weighted by atomic mass is 9.95. The summed E-state index contributed by atoms with van der Waals surface area (Å²) in [6.45, 7) is 7.30. The number of amides is 3. The summed E-state index contributed by atoms with van der Waals surface area (Å²) in [5.74, 6) is -0.601. The van der Waals surface area contributed by atoms with Crippen molar-refractivity contribution in [2.45, 2.75) is 40.0 Å². The molecule has 1 aliphatic heterocycles. The van der Waals surface area contributed by atoms with Gasteiger partial charge in [0.25, 0.3) is 0 Å². The second-order valence-corrected chi connectivity index (χ2v) is 6.00. The molecule has 0 bridgehead atoms. The largest absolute Gasteiger partial charge is 0.481 e. The van der Waals surface area contributed by atoms with Crippen LogP contribution in [0.5, 0.6) is 0 Å². The number of rotatable bonds is 5. The number of carbonyl (C=O) groups is 3. The van der Waals surface area contributed by atoms with Crippen LogP contribution in [0, 0.1) is 17.8 Å². The molecule has 0 aliphatic carbocycles. The molecule has 1 fully saturated rings. The van der Waals surface area contributed by atoms with Crippen LogP contribution < -0.4 is 5.32 Å². The quantitative estimate of drug-likeness (QED) is 0.804. The van der Waals surface area contributed by atoms with Crippen molar-refractivity contribution < 1.29 is 19.5 Å². The van der Waals surface area contributed by atoms with Crippen molar-refractivity contribution in [3.8, 4) is 0 Å². The van der Waals surface area contributed by atoms with Gasteiger partial charge in [0.1, 0.15) is 0 Å². The first-order valence-electron chi connectivity index (χ1n) is 7.10. The number of nitrogens with zero attached hydrogens (tertiary/aromatic N) is 1. The summed E-state index contributed by atoms with van der Waals surface area (Å²) in [4.78, 5) is 35.7. The van der Waals surface area contributed by atoms with Crippen molar-refractivity contribution >= 4 is 17.9 Å². The Balaban J connectivity index is 2.35. The number of carbonyl (C=O) groups excluding carboxylic acids is 2. The highest BCUT2D eigenvalue weighted by Gasteiger charge is 2.28. The van der Waals surface area contributed by atoms with Crippen LogP contribution in [0.25, 0.3) is 0 Å². The van der Waals surface area contributed by atoms with E-state index < -0.39 is 11.9 Å². The highest BCUT2D eigenvalue weighted by molar-refractivity contribution is 5.94. The molecule has 0 radical (unpaired) electrons. The van der Waals surface area contributed by atoms with Gasteiger partial charge >= 0.3 is 12.0 Å². The van der Waals surface area contributed by atoms with Gasteiger partial charge < -0.3 is 10.0 Å². The Bertz CT molecular complexity index is 381. The number of urea groups is 1. The summed E-state index contributed by atoms with van der Waals surface area (Å²) in [6.07, 6.45) is 0.953. The lowest BCUT2D eigenvalue weighted by molar-refractivity contribution is -0.138. The van der Waals surface area contributed by atoms with Crippen LogP contribution >= 0.6 is 0 Å². The van der Waals surface area contributed by atoms with Crippen molar-refractivity contribution in [1.82, 2.24) is 10.2 Å². The average Bonchev–Trinajstić information content (AvgIpc) is 2.76. The number of aliphatic carboxylic acids is 1. The normalized spacial score (nSPS) is 20.0. The first kappa shape index (κ1) is 16.5. The second-order valence-electron chi connectivity index (χ2n) is 6.00. The molecule has 0 spiro atoms. The molecule has 114 valence electrons. The highest BCUT2D eigenvalue weighted by Crippen LogP contribution is 2.23. The molecule has 20 heavy (non-hydrogen) atoms. The number of imide groups is 1. The Kier molecular flexibility index (Phi) is 5.98. The number of nitrogens with one attached hydrogen (secondary N) is 1. The molecule has 3 amide bonds. The van der Waals surface area contributed by atoms with E-state index in [1.807, 2.05) is 0 Å². The molecular formula is C14H24N2O4. The fourth-order valence-electron chi connectivity index (χ4n) is 2.45. The first-order chi connectivity index (χ1) is 9.29. The summed E-state index contributed by atoms with van der Waals surface area (Å²) in [7, 11) is 0. The maximum absolute atomic E-state index is 11.9. The zero-order chi connectivity index (χ0) is 15.3. The van der Waals surface area contributed by atoms with Gasteiger partial charge in [-0.3, -0.25) is 14.9 Å². The van der Waals surface area contributed by atoms with E-state index in [2.05, 4.69) is 19.2 Å². The first-order valence-corrected chi connectivity index (χ1v) is 7.10. The summed E-state index contributed by atoms with van der Waals surface area (Å²) in [5.41, 5.74) is 0. The Hall–Kier alpha value is -1.59. The molecule has 1 saturated heterocycles. The van der Waals surface area contributed by atoms with Gasteiger partial charge in [0, 0.05) is 25.9 Å². The summed E-state index contributed by atoms with van der Waals surface area (Å²) >= 11 is 0. The number of hydrogen-bond acceptors (Lipinski definition) is 3. The zero-order valence-corrected chi connectivity index (χ0v) is 12.4. The van der Waals surface area contributed by atoms with E-state index in [4.69, 9.17) is 5.11 Å². The van der Waals surface area contributed by atoms with Crippen molar-refractivity contribution in [2.75, 3.05) is 13.1 Å². The summed E-state index contributed by atoms with van der Waals surface area (Å²) in [5, 5.41) is 11.0. The maximum atomic E-state index is 11.9. The smallest absolute Gasteiger partial charge is 0.324 e. The van der Waals surface area contributed by atoms with Gasteiger partial charge in [-0.1, -0.05) is 20.8 Å². The molecule has 6 heteroatoms. The highest BCUT2D eigenvalue weighted by atomic mass is 16.4. The molecular weight excluding hydrogens is 260 g/mol. The van der Waals surface area contributed by atoms with Crippen LogP contribution in [-0.2, 0) is 9.59 Å². The lowest BCUT2D eigenvalue weighted by Gasteiger charge is -2.18. The van der Waals surface area contributed by atoms with E-state index in [9.17, 15) is 14.4 Å². The summed E-state index contributed by atoms with van der Waals surface area (Å²) < 4.78 is 0. The Morgan fingerprint density at radius 1 is 1.25 bits per heavy atom. The van der Waals surface area contributed by atoms with E-state index in [1.54, 1.807) is 11.8 Å². The fraction of sp³-hybridized carbons (Fsp3) is 0.786. The number of carboxylic acid groups (broad SMARTS) is 1. The van der Waals surface area contributed by atoms with E-state index >= 15 is 0 Å². The van der Waals surface area contributed by atoms with Crippen molar-refractivity contribution in [3.63, 3.8) is 0 Å². The Morgan fingerprint density at radius 2 is 1.90 bits per heavy atom. The maximum Gasteiger partial charge on any atom is 0.324 e. The third kappa shape index (κ3) is 5.19. The molecule has 0 aromatic heterocycles. The third-order valence-corrected chi connectivity index (χ3v) is 3.76. The number of carboxylic acids is 1. The minimum absolute atomic E-state index is 0.0550. The van der Waals surface area contributed by atoms with Crippen LogP contribution in [0.1, 0.15) is 40.0 Å². The van der Waals surface area contributed by atoms with E-state index in [-0.39, 0.29) is 24.8 Å². The van der Waals surface area contributed by atoms with Crippen LogP contribution in [0.3, 0.4) is 0 Å². The number of hydrogen-bond donors (Lipinski definition) is 2. The van der Waals surface area contributed by atoms with Crippen LogP contribution in [0.4, 0.5) is 4.79 Å². The minimum Gasteiger partial charge on any atom is -0.481 e. The predicted molar refractivity (Wildman–Crippen MR) is 74.1 cm³/mol. The molecule has 1 heterocycles. The molecule has 2 unspecified atom stereocenters. The molecule has 2 N–H and O–H groups in total. The third-order valence-electron chi connectivity index (χ3n) is 3.76. The van der Waals surface area contributed by atoms with Crippen LogP contribution in [0.2, 0.25) is 0 Å². The van der Waals surface area contributed by atoms with Gasteiger partial charge in [-0.2, -0.15) is 0 Å². The van der Waals surface area contributed by atoms with Gasteiger partial charge in [0.2, 0.25) is 5.91 Å². The second kappa shape index (κ2) is 7.26. The van der Waals surface area contributed by atoms with Gasteiger partial charge in [-0.15, -0.1) is 0 Å². The van der Waals surface area contributed by atoms with E-state index in [0.29, 0.717) is 24.9 Å². The SMILES string of the molecule is CC(CC(=O)O)CC(=O)NC(=O)N1CCC(C(C)C)C1. The summed E-state index contributed by atoms with van der Waals surface area (Å²) in [6, 6.07) is -0.360. The molecule has 6 nitrogen and oxygen atoms in total. The van der Waals surface area contributed by atoms with Gasteiger partial charge in [-0.05, 0) is 24.2 Å². The van der Waals surface area contributed by atoms with Gasteiger partial charge in [0.15, 0.2) is 0 Å². The van der Waals surface area contributed by atoms with Crippen molar-refractivity contribution in [3.05, 3.63) is 0 Å². The molecule has 0 aromatic rings. The standard InChI is InChI=1S/C14H24N2O4/c1-9(2)11-4-5-16(8-11)14(20)15-12(17)6-10(3)7-13(18)19/h9-11H,4-8H2,1-3H3,(H,18,19)(H,15,17,20). The molecule has 2 atom stereocenters. The van der Waals surface area contributed by atoms with Gasteiger partial charge in [0.05, 0.1) is 0 Å². The predicted octanol–water partition coefficient (Wildman–Crippen LogP) is 1.70. The zero-order valence-electron chi connectivity index (χ0n) is 12.4. The van der Waals surface area contributed by atoms with E-state index in [1.165, 1.54) is 0 Å². The number of likely N-dealkylation sites (tertiary alicyclic amines) is 1. The molecule has 0 saturated carbocycles. The Labute approximate surface area is 119 Å². The Morgan fingerprint density at radius 3 is 2.40 bits per heavy atom. The topological polar surface area (TPSA) is 86.7 Å². The fourth-order valence-corrected chi connectivity index (χ4v) is 2.45. The lowest BCUT2D eigenvalue weighted by Crippen LogP contribution is -2.42.